The Hall–Kier alpha value is -2.36. The summed E-state index contributed by atoms with van der Waals surface area (Å²) in [6.07, 6.45) is 6.04. The largest absolute Gasteiger partial charge is 0.359 e. The molecule has 2 aromatic heterocycles. The third-order valence-corrected chi connectivity index (χ3v) is 5.05. The van der Waals surface area contributed by atoms with Crippen molar-refractivity contribution in [2.75, 3.05) is 6.54 Å². The van der Waals surface area contributed by atoms with Gasteiger partial charge >= 0.3 is 0 Å². The van der Waals surface area contributed by atoms with Gasteiger partial charge < -0.3 is 15.2 Å². The van der Waals surface area contributed by atoms with E-state index in [-0.39, 0.29) is 24.0 Å². The second kappa shape index (κ2) is 13.1. The minimum absolute atomic E-state index is 0. The van der Waals surface area contributed by atoms with Crippen molar-refractivity contribution in [2.45, 2.75) is 59.2 Å². The molecule has 168 valence electrons. The van der Waals surface area contributed by atoms with Crippen LogP contribution in [0.2, 0.25) is 0 Å². The number of aromatic nitrogens is 3. The number of rotatable bonds is 10. The van der Waals surface area contributed by atoms with Crippen LogP contribution in [-0.2, 0) is 19.6 Å². The first-order valence-electron chi connectivity index (χ1n) is 10.7. The van der Waals surface area contributed by atoms with Crippen molar-refractivity contribution in [3.8, 4) is 0 Å². The summed E-state index contributed by atoms with van der Waals surface area (Å²) < 4.78 is 7.43. The maximum Gasteiger partial charge on any atom is 0.191 e. The quantitative estimate of drug-likeness (QED) is 0.223. The van der Waals surface area contributed by atoms with E-state index in [2.05, 4.69) is 58.8 Å². The van der Waals surface area contributed by atoms with Gasteiger partial charge in [0.1, 0.15) is 0 Å². The molecule has 3 aromatic rings. The molecule has 0 amide bonds. The van der Waals surface area contributed by atoms with E-state index in [1.54, 1.807) is 0 Å². The first-order chi connectivity index (χ1) is 14.7. The van der Waals surface area contributed by atoms with Crippen LogP contribution in [0.5, 0.6) is 0 Å². The normalized spacial score (nSPS) is 11.4. The third kappa shape index (κ3) is 7.68. The molecular formula is C23H33IN6O. The van der Waals surface area contributed by atoms with Crippen molar-refractivity contribution >= 4 is 29.9 Å². The SMILES string of the molecule is CCNC(=NCc1cnn(Cc2ccccc2)c1)NCc1cc(C(CC)CC)no1.I. The van der Waals surface area contributed by atoms with Gasteiger partial charge in [-0.05, 0) is 25.3 Å². The Bertz CT molecular complexity index is 917. The van der Waals surface area contributed by atoms with Crippen LogP contribution in [0.3, 0.4) is 0 Å². The van der Waals surface area contributed by atoms with Crippen molar-refractivity contribution in [1.29, 1.82) is 0 Å². The summed E-state index contributed by atoms with van der Waals surface area (Å²) in [5, 5.41) is 15.3. The zero-order valence-electron chi connectivity index (χ0n) is 18.5. The number of hydrogen-bond donors (Lipinski definition) is 2. The minimum atomic E-state index is 0. The fraction of sp³-hybridized carbons (Fsp3) is 0.435. The van der Waals surface area contributed by atoms with Crippen LogP contribution >= 0.6 is 24.0 Å². The van der Waals surface area contributed by atoms with Crippen LogP contribution in [0.25, 0.3) is 0 Å². The van der Waals surface area contributed by atoms with Crippen molar-refractivity contribution in [1.82, 2.24) is 25.6 Å². The lowest BCUT2D eigenvalue weighted by Gasteiger charge is -2.09. The van der Waals surface area contributed by atoms with Crippen LogP contribution in [-0.4, -0.2) is 27.4 Å². The number of guanidine groups is 1. The number of nitrogens with one attached hydrogen (secondary N) is 2. The summed E-state index contributed by atoms with van der Waals surface area (Å²) >= 11 is 0. The van der Waals surface area contributed by atoms with E-state index in [1.807, 2.05) is 41.3 Å². The van der Waals surface area contributed by atoms with Gasteiger partial charge in [-0.3, -0.25) is 4.68 Å². The molecule has 8 heteroatoms. The Morgan fingerprint density at radius 2 is 1.87 bits per heavy atom. The number of halogens is 1. The smallest absolute Gasteiger partial charge is 0.191 e. The van der Waals surface area contributed by atoms with Gasteiger partial charge in [0.15, 0.2) is 11.7 Å². The summed E-state index contributed by atoms with van der Waals surface area (Å²) in [5.74, 6) is 2.02. The molecule has 2 heterocycles. The van der Waals surface area contributed by atoms with Gasteiger partial charge in [-0.1, -0.05) is 49.3 Å². The average Bonchev–Trinajstić information content (AvgIpc) is 3.42. The van der Waals surface area contributed by atoms with Gasteiger partial charge in [-0.2, -0.15) is 5.10 Å². The lowest BCUT2D eigenvalue weighted by Crippen LogP contribution is -2.36. The van der Waals surface area contributed by atoms with Crippen molar-refractivity contribution in [3.05, 3.63) is 71.4 Å². The second-order valence-electron chi connectivity index (χ2n) is 7.31. The van der Waals surface area contributed by atoms with Gasteiger partial charge in [-0.15, -0.1) is 24.0 Å². The lowest BCUT2D eigenvalue weighted by atomic mass is 9.99. The fourth-order valence-corrected chi connectivity index (χ4v) is 3.34. The van der Waals surface area contributed by atoms with E-state index in [0.29, 0.717) is 19.0 Å². The zero-order chi connectivity index (χ0) is 21.2. The molecule has 0 aliphatic heterocycles. The summed E-state index contributed by atoms with van der Waals surface area (Å²) in [6.45, 7) is 9.06. The molecule has 0 saturated carbocycles. The predicted octanol–water partition coefficient (Wildman–Crippen LogP) is 4.70. The van der Waals surface area contributed by atoms with Crippen LogP contribution in [0.1, 0.15) is 62.1 Å². The van der Waals surface area contributed by atoms with E-state index < -0.39 is 0 Å². The molecule has 0 unspecified atom stereocenters. The Morgan fingerprint density at radius 1 is 1.10 bits per heavy atom. The van der Waals surface area contributed by atoms with Crippen molar-refractivity contribution < 1.29 is 4.52 Å². The molecule has 0 bridgehead atoms. The topological polar surface area (TPSA) is 80.3 Å². The van der Waals surface area contributed by atoms with E-state index >= 15 is 0 Å². The number of nitrogens with zero attached hydrogens (tertiary/aromatic N) is 4. The molecule has 1 aromatic carbocycles. The molecule has 0 atom stereocenters. The van der Waals surface area contributed by atoms with Crippen LogP contribution in [0, 0.1) is 0 Å². The molecule has 31 heavy (non-hydrogen) atoms. The molecule has 0 saturated heterocycles. The molecule has 0 aliphatic rings. The van der Waals surface area contributed by atoms with Gasteiger partial charge in [0.05, 0.1) is 31.5 Å². The summed E-state index contributed by atoms with van der Waals surface area (Å²) in [6, 6.07) is 12.4. The Labute approximate surface area is 201 Å². The first-order valence-corrected chi connectivity index (χ1v) is 10.7. The van der Waals surface area contributed by atoms with Crippen molar-refractivity contribution in [2.24, 2.45) is 4.99 Å². The molecule has 0 spiro atoms. The van der Waals surface area contributed by atoms with E-state index in [9.17, 15) is 0 Å². The highest BCUT2D eigenvalue weighted by Gasteiger charge is 2.13. The molecule has 3 rings (SSSR count). The number of aliphatic imine (C=N–C) groups is 1. The van der Waals surface area contributed by atoms with Gasteiger partial charge in [-0.25, -0.2) is 4.99 Å². The van der Waals surface area contributed by atoms with E-state index in [1.165, 1.54) is 5.56 Å². The van der Waals surface area contributed by atoms with E-state index in [0.717, 1.165) is 48.9 Å². The Balaban J connectivity index is 0.00000341. The minimum Gasteiger partial charge on any atom is -0.359 e. The second-order valence-corrected chi connectivity index (χ2v) is 7.31. The van der Waals surface area contributed by atoms with Gasteiger partial charge in [0.2, 0.25) is 0 Å². The Kier molecular flexibility index (Phi) is 10.6. The number of hydrogen-bond acceptors (Lipinski definition) is 4. The van der Waals surface area contributed by atoms with Crippen LogP contribution < -0.4 is 10.6 Å². The molecule has 7 nitrogen and oxygen atoms in total. The summed E-state index contributed by atoms with van der Waals surface area (Å²) in [5.41, 5.74) is 3.33. The zero-order valence-corrected chi connectivity index (χ0v) is 20.9. The maximum absolute atomic E-state index is 5.49. The highest BCUT2D eigenvalue weighted by atomic mass is 127. The van der Waals surface area contributed by atoms with Crippen LogP contribution in [0.4, 0.5) is 0 Å². The highest BCUT2D eigenvalue weighted by molar-refractivity contribution is 14.0. The summed E-state index contributed by atoms with van der Waals surface area (Å²) in [7, 11) is 0. The molecule has 2 N–H and O–H groups in total. The highest BCUT2D eigenvalue weighted by Crippen LogP contribution is 2.22. The maximum atomic E-state index is 5.49. The summed E-state index contributed by atoms with van der Waals surface area (Å²) in [4.78, 5) is 4.67. The fourth-order valence-electron chi connectivity index (χ4n) is 3.34. The number of benzene rings is 1. The Morgan fingerprint density at radius 3 is 2.58 bits per heavy atom. The standard InChI is InChI=1S/C23H32N6O.HI/c1-4-20(5-2)22-12-21(30-28-22)15-26-23(24-6-3)25-13-19-14-27-29(17-19)16-18-10-8-7-9-11-18;/h7-12,14,17,20H,4-6,13,15-16H2,1-3H3,(H2,24,25,26);1H. The molecular weight excluding hydrogens is 503 g/mol. The molecule has 0 radical (unpaired) electrons. The predicted molar refractivity (Wildman–Crippen MR) is 135 cm³/mol. The lowest BCUT2D eigenvalue weighted by molar-refractivity contribution is 0.368. The average molecular weight is 536 g/mol. The monoisotopic (exact) mass is 536 g/mol. The first kappa shape index (κ1) is 24.9. The van der Waals surface area contributed by atoms with Gasteiger partial charge in [0.25, 0.3) is 0 Å². The van der Waals surface area contributed by atoms with Crippen molar-refractivity contribution in [3.63, 3.8) is 0 Å². The molecule has 0 fully saturated rings. The molecule has 0 aliphatic carbocycles. The van der Waals surface area contributed by atoms with Gasteiger partial charge in [0, 0.05) is 30.3 Å². The van der Waals surface area contributed by atoms with Crippen LogP contribution in [0.15, 0.2) is 58.3 Å². The third-order valence-electron chi connectivity index (χ3n) is 5.05. The van der Waals surface area contributed by atoms with E-state index in [4.69, 9.17) is 4.52 Å².